The van der Waals surface area contributed by atoms with Gasteiger partial charge in [0.05, 0.1) is 11.2 Å². The summed E-state index contributed by atoms with van der Waals surface area (Å²) in [4.78, 5) is 10.8. The molecule has 0 saturated carbocycles. The number of piperidine rings is 1. The fourth-order valence-corrected chi connectivity index (χ4v) is 2.86. The molecule has 128 valence electrons. The van der Waals surface area contributed by atoms with Gasteiger partial charge in [-0.2, -0.15) is 0 Å². The van der Waals surface area contributed by atoms with Crippen LogP contribution in [-0.4, -0.2) is 28.6 Å². The predicted molar refractivity (Wildman–Crippen MR) is 97.0 cm³/mol. The lowest BCUT2D eigenvalue weighted by atomic mass is 9.91. The van der Waals surface area contributed by atoms with Gasteiger partial charge in [0.1, 0.15) is 16.6 Å². The Balaban J connectivity index is 1.77. The molecule has 0 amide bonds. The first kappa shape index (κ1) is 17.1. The highest BCUT2D eigenvalue weighted by atomic mass is 35.5. The second kappa shape index (κ2) is 6.63. The minimum Gasteiger partial charge on any atom is -0.434 e. The largest absolute Gasteiger partial charge is 0.434 e. The maximum Gasteiger partial charge on any atom is 0.262 e. The summed E-state index contributed by atoms with van der Waals surface area (Å²) in [6.45, 7) is 3.71. The van der Waals surface area contributed by atoms with E-state index in [4.69, 9.17) is 39.4 Å². The fraction of sp³-hybridized carbons (Fsp3) is 0.375. The zero-order chi connectivity index (χ0) is 17.3. The fourth-order valence-electron chi connectivity index (χ4n) is 2.53. The monoisotopic (exact) mass is 367 g/mol. The van der Waals surface area contributed by atoms with Crippen LogP contribution in [0.2, 0.25) is 10.0 Å². The number of halogens is 2. The lowest BCUT2D eigenvalue weighted by molar-refractivity contribution is 0.362. The van der Waals surface area contributed by atoms with Crippen LogP contribution in [0, 0.1) is 0 Å². The summed E-state index contributed by atoms with van der Waals surface area (Å²) in [5.41, 5.74) is 12.0. The standard InChI is InChI=1S/C16H19Cl2N5O/c1-16(20)5-7-23(8-6-16)12-9-21-15(14(19)22-12)24-11-4-2-3-10(17)13(11)18/h2-4,9H,5-8,20H2,1H3,(H2,19,22). The van der Waals surface area contributed by atoms with Crippen LogP contribution in [0.1, 0.15) is 19.8 Å². The number of nitrogen functional groups attached to an aromatic ring is 1. The number of anilines is 2. The molecule has 0 bridgehead atoms. The van der Waals surface area contributed by atoms with E-state index in [0.717, 1.165) is 25.9 Å². The molecule has 6 nitrogen and oxygen atoms in total. The number of hydrogen-bond acceptors (Lipinski definition) is 6. The molecule has 2 heterocycles. The number of ether oxygens (including phenoxy) is 1. The molecule has 1 fully saturated rings. The average molecular weight is 368 g/mol. The second-order valence-corrected chi connectivity index (χ2v) is 7.00. The van der Waals surface area contributed by atoms with Crippen molar-refractivity contribution in [2.45, 2.75) is 25.3 Å². The van der Waals surface area contributed by atoms with Crippen LogP contribution in [0.25, 0.3) is 0 Å². The van der Waals surface area contributed by atoms with Gasteiger partial charge >= 0.3 is 0 Å². The SMILES string of the molecule is CC1(N)CCN(c2cnc(Oc3cccc(Cl)c3Cl)c(N)n2)CC1. The molecule has 4 N–H and O–H groups in total. The normalized spacial score (nSPS) is 16.9. The Kier molecular flexibility index (Phi) is 4.71. The van der Waals surface area contributed by atoms with E-state index in [-0.39, 0.29) is 17.2 Å². The molecule has 1 aliphatic heterocycles. The molecular formula is C16H19Cl2N5O. The summed E-state index contributed by atoms with van der Waals surface area (Å²) in [5, 5.41) is 0.707. The molecule has 0 aliphatic carbocycles. The van der Waals surface area contributed by atoms with Gasteiger partial charge in [-0.05, 0) is 31.9 Å². The predicted octanol–water partition coefficient (Wildman–Crippen LogP) is 3.48. The number of nitrogens with two attached hydrogens (primary N) is 2. The summed E-state index contributed by atoms with van der Waals surface area (Å²) in [6.07, 6.45) is 3.43. The maximum atomic E-state index is 6.15. The van der Waals surface area contributed by atoms with Crippen molar-refractivity contribution in [3.8, 4) is 11.6 Å². The molecule has 0 spiro atoms. The lowest BCUT2D eigenvalue weighted by Crippen LogP contribution is -2.48. The Morgan fingerprint density at radius 1 is 1.25 bits per heavy atom. The smallest absolute Gasteiger partial charge is 0.262 e. The van der Waals surface area contributed by atoms with Gasteiger partial charge in [-0.3, -0.25) is 0 Å². The minimum absolute atomic E-state index is 0.123. The van der Waals surface area contributed by atoms with Gasteiger partial charge in [0.2, 0.25) is 0 Å². The van der Waals surface area contributed by atoms with Crippen LogP contribution in [0.4, 0.5) is 11.6 Å². The minimum atomic E-state index is -0.123. The van der Waals surface area contributed by atoms with Crippen molar-refractivity contribution < 1.29 is 4.74 Å². The third-order valence-corrected chi connectivity index (χ3v) is 4.91. The van der Waals surface area contributed by atoms with Crippen molar-refractivity contribution in [3.63, 3.8) is 0 Å². The van der Waals surface area contributed by atoms with Gasteiger partial charge in [0.15, 0.2) is 5.82 Å². The third-order valence-electron chi connectivity index (χ3n) is 4.10. The van der Waals surface area contributed by atoms with Crippen molar-refractivity contribution >= 4 is 34.8 Å². The van der Waals surface area contributed by atoms with Gasteiger partial charge in [-0.25, -0.2) is 9.97 Å². The van der Waals surface area contributed by atoms with Crippen molar-refractivity contribution in [1.29, 1.82) is 0 Å². The Hall–Kier alpha value is -1.76. The van der Waals surface area contributed by atoms with E-state index >= 15 is 0 Å². The number of hydrogen-bond donors (Lipinski definition) is 2. The molecule has 0 atom stereocenters. The molecule has 0 unspecified atom stereocenters. The number of aromatic nitrogens is 2. The molecule has 1 aromatic heterocycles. The van der Waals surface area contributed by atoms with E-state index in [9.17, 15) is 0 Å². The third kappa shape index (κ3) is 3.66. The molecule has 24 heavy (non-hydrogen) atoms. The first-order valence-corrected chi connectivity index (χ1v) is 8.39. The highest BCUT2D eigenvalue weighted by Gasteiger charge is 2.27. The molecule has 8 heteroatoms. The van der Waals surface area contributed by atoms with E-state index in [2.05, 4.69) is 21.8 Å². The summed E-state index contributed by atoms with van der Waals surface area (Å²) in [6, 6.07) is 5.10. The molecule has 1 saturated heterocycles. The maximum absolute atomic E-state index is 6.15. The van der Waals surface area contributed by atoms with E-state index < -0.39 is 0 Å². The van der Waals surface area contributed by atoms with Gasteiger partial charge in [-0.1, -0.05) is 29.3 Å². The first-order chi connectivity index (χ1) is 11.4. The van der Waals surface area contributed by atoms with E-state index in [0.29, 0.717) is 21.6 Å². The van der Waals surface area contributed by atoms with E-state index in [1.807, 2.05) is 0 Å². The van der Waals surface area contributed by atoms with Crippen molar-refractivity contribution in [1.82, 2.24) is 9.97 Å². The van der Waals surface area contributed by atoms with E-state index in [1.54, 1.807) is 24.4 Å². The Morgan fingerprint density at radius 2 is 1.96 bits per heavy atom. The molecule has 1 aromatic carbocycles. The van der Waals surface area contributed by atoms with E-state index in [1.165, 1.54) is 0 Å². The topological polar surface area (TPSA) is 90.3 Å². The van der Waals surface area contributed by atoms with Crippen LogP contribution in [-0.2, 0) is 0 Å². The van der Waals surface area contributed by atoms with Crippen molar-refractivity contribution in [3.05, 3.63) is 34.4 Å². The number of nitrogens with zero attached hydrogens (tertiary/aromatic N) is 3. The van der Waals surface area contributed by atoms with Crippen molar-refractivity contribution in [2.75, 3.05) is 23.7 Å². The van der Waals surface area contributed by atoms with Gasteiger partial charge in [-0.15, -0.1) is 0 Å². The van der Waals surface area contributed by atoms with Crippen LogP contribution >= 0.6 is 23.2 Å². The molecule has 2 aromatic rings. The molecule has 3 rings (SSSR count). The Labute approximate surface area is 150 Å². The van der Waals surface area contributed by atoms with Crippen LogP contribution in [0.15, 0.2) is 24.4 Å². The van der Waals surface area contributed by atoms with Gasteiger partial charge in [0, 0.05) is 18.6 Å². The van der Waals surface area contributed by atoms with Crippen LogP contribution in [0.3, 0.4) is 0 Å². The zero-order valence-electron chi connectivity index (χ0n) is 13.3. The lowest BCUT2D eigenvalue weighted by Gasteiger charge is -2.37. The quantitative estimate of drug-likeness (QED) is 0.862. The first-order valence-electron chi connectivity index (χ1n) is 7.64. The summed E-state index contributed by atoms with van der Waals surface area (Å²) < 4.78 is 5.64. The van der Waals surface area contributed by atoms with Crippen molar-refractivity contribution in [2.24, 2.45) is 5.73 Å². The second-order valence-electron chi connectivity index (χ2n) is 6.21. The van der Waals surface area contributed by atoms with Gasteiger partial charge < -0.3 is 21.1 Å². The van der Waals surface area contributed by atoms with Crippen LogP contribution < -0.4 is 21.1 Å². The number of benzene rings is 1. The average Bonchev–Trinajstić information content (AvgIpc) is 2.53. The van der Waals surface area contributed by atoms with Crippen LogP contribution in [0.5, 0.6) is 11.6 Å². The molecule has 1 aliphatic rings. The Bertz CT molecular complexity index is 743. The highest BCUT2D eigenvalue weighted by molar-refractivity contribution is 6.42. The Morgan fingerprint density at radius 3 is 2.62 bits per heavy atom. The summed E-state index contributed by atoms with van der Waals surface area (Å²) >= 11 is 12.1. The molecule has 0 radical (unpaired) electrons. The van der Waals surface area contributed by atoms with Gasteiger partial charge in [0.25, 0.3) is 5.88 Å². The zero-order valence-corrected chi connectivity index (χ0v) is 14.8. The number of rotatable bonds is 3. The summed E-state index contributed by atoms with van der Waals surface area (Å²) in [7, 11) is 0. The highest BCUT2D eigenvalue weighted by Crippen LogP contribution is 2.35. The summed E-state index contributed by atoms with van der Waals surface area (Å²) in [5.74, 6) is 1.50. The molecular weight excluding hydrogens is 349 g/mol.